The highest BCUT2D eigenvalue weighted by atomic mass is 35.5. The second kappa shape index (κ2) is 8.33. The maximum atomic E-state index is 14.3. The number of pyridine rings is 2. The lowest BCUT2D eigenvalue weighted by Crippen LogP contribution is -2.39. The Morgan fingerprint density at radius 2 is 1.97 bits per heavy atom. The van der Waals surface area contributed by atoms with E-state index in [1.165, 1.54) is 12.5 Å². The Hall–Kier alpha value is -2.73. The highest BCUT2D eigenvalue weighted by Crippen LogP contribution is 2.30. The molecule has 5 nitrogen and oxygen atoms in total. The number of halogens is 2. The van der Waals surface area contributed by atoms with E-state index in [2.05, 4.69) is 20.6 Å². The third-order valence-electron chi connectivity index (χ3n) is 5.32. The van der Waals surface area contributed by atoms with Crippen LogP contribution in [0.5, 0.6) is 0 Å². The number of nitrogens with zero attached hydrogens (tertiary/aromatic N) is 2. The first-order valence-electron chi connectivity index (χ1n) is 9.80. The average molecular weight is 413 g/mol. The molecule has 3 aromatic rings. The second-order valence-electron chi connectivity index (χ2n) is 7.45. The lowest BCUT2D eigenvalue weighted by atomic mass is 9.96. The predicted molar refractivity (Wildman–Crippen MR) is 114 cm³/mol. The molecule has 1 fully saturated rings. The van der Waals surface area contributed by atoms with E-state index in [0.717, 1.165) is 53.4 Å². The Morgan fingerprint density at radius 3 is 2.76 bits per heavy atom. The van der Waals surface area contributed by atoms with E-state index in [-0.39, 0.29) is 17.8 Å². The van der Waals surface area contributed by atoms with Gasteiger partial charge in [0, 0.05) is 34.9 Å². The third-order valence-corrected chi connectivity index (χ3v) is 5.53. The van der Waals surface area contributed by atoms with Crippen molar-refractivity contribution >= 4 is 34.2 Å². The zero-order chi connectivity index (χ0) is 20.4. The van der Waals surface area contributed by atoms with Crippen molar-refractivity contribution in [1.82, 2.24) is 15.3 Å². The standard InChI is InChI=1S/C22H22ClFN4O/c1-13-17(9-15-12-25-21(23)11-19(15)26-13)14-7-8-18(24)20(10-14)28-22(29)27-16-5-3-2-4-6-16/h7-12,16H,2-6H2,1H3,(H2,27,28,29). The lowest BCUT2D eigenvalue weighted by molar-refractivity contribution is 0.244. The molecule has 2 amide bonds. The molecule has 0 bridgehead atoms. The summed E-state index contributed by atoms with van der Waals surface area (Å²) in [4.78, 5) is 21.0. The summed E-state index contributed by atoms with van der Waals surface area (Å²) < 4.78 is 14.3. The van der Waals surface area contributed by atoms with Crippen LogP contribution in [-0.4, -0.2) is 22.0 Å². The molecule has 0 atom stereocenters. The van der Waals surface area contributed by atoms with Gasteiger partial charge in [0.05, 0.1) is 11.2 Å². The molecule has 2 heterocycles. The van der Waals surface area contributed by atoms with Crippen molar-refractivity contribution < 1.29 is 9.18 Å². The van der Waals surface area contributed by atoms with Gasteiger partial charge in [0.1, 0.15) is 11.0 Å². The van der Waals surface area contributed by atoms with Crippen LogP contribution in [0.2, 0.25) is 5.15 Å². The first-order chi connectivity index (χ1) is 14.0. The third kappa shape index (κ3) is 4.48. The fourth-order valence-corrected chi connectivity index (χ4v) is 3.96. The molecule has 4 rings (SSSR count). The number of amides is 2. The van der Waals surface area contributed by atoms with Gasteiger partial charge in [-0.3, -0.25) is 4.98 Å². The summed E-state index contributed by atoms with van der Waals surface area (Å²) in [6.45, 7) is 1.88. The van der Waals surface area contributed by atoms with Crippen molar-refractivity contribution in [2.24, 2.45) is 0 Å². The van der Waals surface area contributed by atoms with Gasteiger partial charge in [-0.15, -0.1) is 0 Å². The topological polar surface area (TPSA) is 66.9 Å². The molecule has 0 radical (unpaired) electrons. The molecule has 0 aliphatic heterocycles. The van der Waals surface area contributed by atoms with Crippen LogP contribution in [0, 0.1) is 12.7 Å². The van der Waals surface area contributed by atoms with Gasteiger partial charge in [0.15, 0.2) is 0 Å². The van der Waals surface area contributed by atoms with Crippen molar-refractivity contribution in [3.05, 3.63) is 53.2 Å². The summed E-state index contributed by atoms with van der Waals surface area (Å²) in [6, 6.07) is 8.10. The van der Waals surface area contributed by atoms with Crippen molar-refractivity contribution in [2.45, 2.75) is 45.1 Å². The number of fused-ring (bicyclic) bond motifs is 1. The minimum Gasteiger partial charge on any atom is -0.335 e. The van der Waals surface area contributed by atoms with Gasteiger partial charge in [-0.25, -0.2) is 14.2 Å². The minimum absolute atomic E-state index is 0.143. The summed E-state index contributed by atoms with van der Waals surface area (Å²) in [5.74, 6) is -0.479. The minimum atomic E-state index is -0.479. The molecule has 2 aromatic heterocycles. The molecule has 1 saturated carbocycles. The van der Waals surface area contributed by atoms with E-state index in [9.17, 15) is 9.18 Å². The maximum absolute atomic E-state index is 14.3. The molecule has 2 N–H and O–H groups in total. The molecule has 0 saturated heterocycles. The highest BCUT2D eigenvalue weighted by molar-refractivity contribution is 6.30. The summed E-state index contributed by atoms with van der Waals surface area (Å²) in [5, 5.41) is 6.82. The normalized spacial score (nSPS) is 14.7. The van der Waals surface area contributed by atoms with Crippen LogP contribution in [-0.2, 0) is 0 Å². The van der Waals surface area contributed by atoms with Crippen molar-refractivity contribution in [3.63, 3.8) is 0 Å². The van der Waals surface area contributed by atoms with Gasteiger partial charge >= 0.3 is 6.03 Å². The molecule has 1 aliphatic carbocycles. The van der Waals surface area contributed by atoms with Gasteiger partial charge in [-0.05, 0) is 43.5 Å². The van der Waals surface area contributed by atoms with Crippen molar-refractivity contribution in [2.75, 3.05) is 5.32 Å². The number of aromatic nitrogens is 2. The molecular formula is C22H22ClFN4O. The van der Waals surface area contributed by atoms with E-state index in [1.807, 2.05) is 13.0 Å². The van der Waals surface area contributed by atoms with Crippen LogP contribution in [0.1, 0.15) is 37.8 Å². The SMILES string of the molecule is Cc1nc2cc(Cl)ncc2cc1-c1ccc(F)c(NC(=O)NC2CCCCC2)c1. The first-order valence-corrected chi connectivity index (χ1v) is 10.2. The van der Waals surface area contributed by atoms with Crippen LogP contribution in [0.4, 0.5) is 14.9 Å². The molecule has 0 spiro atoms. The van der Waals surface area contributed by atoms with Crippen molar-refractivity contribution in [3.8, 4) is 11.1 Å². The van der Waals surface area contributed by atoms with Crippen molar-refractivity contribution in [1.29, 1.82) is 0 Å². The Balaban J connectivity index is 1.59. The molecule has 1 aliphatic rings. The largest absolute Gasteiger partial charge is 0.335 e. The Morgan fingerprint density at radius 1 is 1.17 bits per heavy atom. The number of rotatable bonds is 3. The molecule has 150 valence electrons. The molecule has 1 aromatic carbocycles. The summed E-state index contributed by atoms with van der Waals surface area (Å²) in [5.41, 5.74) is 3.28. The van der Waals surface area contributed by atoms with E-state index >= 15 is 0 Å². The zero-order valence-corrected chi connectivity index (χ0v) is 16.9. The number of hydrogen-bond acceptors (Lipinski definition) is 3. The number of carbonyl (C=O) groups excluding carboxylic acids is 1. The zero-order valence-electron chi connectivity index (χ0n) is 16.1. The Bertz CT molecular complexity index is 1070. The lowest BCUT2D eigenvalue weighted by Gasteiger charge is -2.23. The van der Waals surface area contributed by atoms with Gasteiger partial charge in [0.25, 0.3) is 0 Å². The number of anilines is 1. The van der Waals surface area contributed by atoms with Crippen LogP contribution in [0.25, 0.3) is 22.0 Å². The number of carbonyl (C=O) groups is 1. The summed E-state index contributed by atoms with van der Waals surface area (Å²) >= 11 is 5.95. The summed E-state index contributed by atoms with van der Waals surface area (Å²) in [7, 11) is 0. The molecule has 29 heavy (non-hydrogen) atoms. The number of aryl methyl sites for hydroxylation is 1. The average Bonchev–Trinajstić information content (AvgIpc) is 2.70. The fraction of sp³-hybridized carbons (Fsp3) is 0.318. The van der Waals surface area contributed by atoms with E-state index < -0.39 is 5.82 Å². The van der Waals surface area contributed by atoms with Crippen LogP contribution in [0.15, 0.2) is 36.5 Å². The quantitative estimate of drug-likeness (QED) is 0.530. The second-order valence-corrected chi connectivity index (χ2v) is 7.84. The highest BCUT2D eigenvalue weighted by Gasteiger charge is 2.17. The van der Waals surface area contributed by atoms with Gasteiger partial charge in [0.2, 0.25) is 0 Å². The number of hydrogen-bond donors (Lipinski definition) is 2. The predicted octanol–water partition coefficient (Wildman–Crippen LogP) is 5.85. The molecular weight excluding hydrogens is 391 g/mol. The monoisotopic (exact) mass is 412 g/mol. The smallest absolute Gasteiger partial charge is 0.319 e. The number of urea groups is 1. The molecule has 0 unspecified atom stereocenters. The first kappa shape index (κ1) is 19.6. The number of benzene rings is 1. The number of nitrogens with one attached hydrogen (secondary N) is 2. The fourth-order valence-electron chi connectivity index (χ4n) is 3.81. The van der Waals surface area contributed by atoms with Crippen LogP contribution in [0.3, 0.4) is 0 Å². The Kier molecular flexibility index (Phi) is 5.62. The van der Waals surface area contributed by atoms with Gasteiger partial charge < -0.3 is 10.6 Å². The van der Waals surface area contributed by atoms with Gasteiger partial charge in [-0.1, -0.05) is 36.9 Å². The molecule has 7 heteroatoms. The summed E-state index contributed by atoms with van der Waals surface area (Å²) in [6.07, 6.45) is 7.03. The Labute approximate surface area is 173 Å². The van der Waals surface area contributed by atoms with Crippen LogP contribution >= 0.6 is 11.6 Å². The van der Waals surface area contributed by atoms with Gasteiger partial charge in [-0.2, -0.15) is 0 Å². The maximum Gasteiger partial charge on any atom is 0.319 e. The van der Waals surface area contributed by atoms with E-state index in [0.29, 0.717) is 5.15 Å². The van der Waals surface area contributed by atoms with E-state index in [4.69, 9.17) is 11.6 Å². The van der Waals surface area contributed by atoms with E-state index in [1.54, 1.807) is 24.4 Å². The van der Waals surface area contributed by atoms with Crippen LogP contribution < -0.4 is 10.6 Å².